The van der Waals surface area contributed by atoms with E-state index >= 15 is 0 Å². The maximum absolute atomic E-state index is 8.96. The quantitative estimate of drug-likeness (QED) is 0.766. The molecule has 1 aromatic carbocycles. The van der Waals surface area contributed by atoms with E-state index in [-0.39, 0.29) is 6.61 Å². The lowest BCUT2D eigenvalue weighted by atomic mass is 10.1. The highest BCUT2D eigenvalue weighted by atomic mass is 16.3. The molecule has 0 radical (unpaired) electrons. The molecule has 2 N–H and O–H groups in total. The molecule has 1 rings (SSSR count). The lowest BCUT2D eigenvalue weighted by molar-refractivity contribution is 0.304. The van der Waals surface area contributed by atoms with Crippen LogP contribution in [0.15, 0.2) is 18.2 Å². The highest BCUT2D eigenvalue weighted by molar-refractivity contribution is 5.54. The number of anilines is 1. The largest absolute Gasteiger partial charge is 0.395 e. The average Bonchev–Trinajstić information content (AvgIpc) is 2.26. The van der Waals surface area contributed by atoms with Gasteiger partial charge in [-0.3, -0.25) is 0 Å². The van der Waals surface area contributed by atoms with Crippen molar-refractivity contribution in [3.63, 3.8) is 0 Å². The molecule has 1 aromatic rings. The lowest BCUT2D eigenvalue weighted by Gasteiger charge is -2.22. The van der Waals surface area contributed by atoms with Crippen LogP contribution in [0.2, 0.25) is 0 Å². The van der Waals surface area contributed by atoms with Gasteiger partial charge in [0.2, 0.25) is 0 Å². The summed E-state index contributed by atoms with van der Waals surface area (Å²) in [4.78, 5) is 2.09. The van der Waals surface area contributed by atoms with Crippen LogP contribution in [0.3, 0.4) is 0 Å². The average molecular weight is 222 g/mol. The van der Waals surface area contributed by atoms with Crippen molar-refractivity contribution in [2.24, 2.45) is 0 Å². The molecule has 3 nitrogen and oxygen atoms in total. The number of aliphatic hydroxyl groups excluding tert-OH is 1. The van der Waals surface area contributed by atoms with Crippen molar-refractivity contribution in [3.05, 3.63) is 29.3 Å². The molecule has 0 unspecified atom stereocenters. The highest BCUT2D eigenvalue weighted by Crippen LogP contribution is 2.20. The van der Waals surface area contributed by atoms with Crippen LogP contribution in [-0.4, -0.2) is 31.9 Å². The zero-order chi connectivity index (χ0) is 12.0. The number of hydrogen-bond donors (Lipinski definition) is 2. The van der Waals surface area contributed by atoms with Gasteiger partial charge < -0.3 is 15.3 Å². The Bertz CT molecular complexity index is 326. The summed E-state index contributed by atoms with van der Waals surface area (Å²) in [5, 5.41) is 12.3. The molecule has 0 heterocycles. The normalized spacial score (nSPS) is 10.5. The minimum absolute atomic E-state index is 0.186. The fourth-order valence-corrected chi connectivity index (χ4v) is 1.76. The molecule has 0 fully saturated rings. The first-order chi connectivity index (χ1) is 7.69. The Morgan fingerprint density at radius 3 is 2.75 bits per heavy atom. The number of aryl methyl sites for hydroxylation is 1. The summed E-state index contributed by atoms with van der Waals surface area (Å²) in [5.74, 6) is 0. The predicted molar refractivity (Wildman–Crippen MR) is 68.9 cm³/mol. The van der Waals surface area contributed by atoms with Crippen molar-refractivity contribution in [3.8, 4) is 0 Å². The molecular formula is C13H22N2O. The number of nitrogens with one attached hydrogen (secondary N) is 1. The summed E-state index contributed by atoms with van der Waals surface area (Å²) in [6, 6.07) is 6.43. The van der Waals surface area contributed by atoms with Gasteiger partial charge in [-0.1, -0.05) is 24.6 Å². The standard InChI is InChI=1S/C13H22N2O/c1-4-14-10-12-9-11(2)5-6-13(12)15(3)7-8-16/h5-6,9,14,16H,4,7-8,10H2,1-3H3. The summed E-state index contributed by atoms with van der Waals surface area (Å²) in [6.45, 7) is 6.91. The number of likely N-dealkylation sites (N-methyl/N-ethyl adjacent to an activating group) is 1. The van der Waals surface area contributed by atoms with Crippen LogP contribution in [0, 0.1) is 6.92 Å². The summed E-state index contributed by atoms with van der Waals surface area (Å²) in [5.41, 5.74) is 3.76. The number of rotatable bonds is 6. The summed E-state index contributed by atoms with van der Waals surface area (Å²) in [6.07, 6.45) is 0. The van der Waals surface area contributed by atoms with Crippen molar-refractivity contribution >= 4 is 5.69 Å². The fraction of sp³-hybridized carbons (Fsp3) is 0.538. The maximum Gasteiger partial charge on any atom is 0.0606 e. The SMILES string of the molecule is CCNCc1cc(C)ccc1N(C)CCO. The van der Waals surface area contributed by atoms with Gasteiger partial charge in [0, 0.05) is 25.8 Å². The van der Waals surface area contributed by atoms with Crippen molar-refractivity contribution in [2.75, 3.05) is 31.6 Å². The number of aliphatic hydroxyl groups is 1. The number of nitrogens with zero attached hydrogens (tertiary/aromatic N) is 1. The van der Waals surface area contributed by atoms with Gasteiger partial charge in [-0.25, -0.2) is 0 Å². The first-order valence-electron chi connectivity index (χ1n) is 5.81. The molecule has 0 bridgehead atoms. The van der Waals surface area contributed by atoms with Crippen LogP contribution in [0.5, 0.6) is 0 Å². The second-order valence-electron chi connectivity index (χ2n) is 4.06. The van der Waals surface area contributed by atoms with E-state index in [1.165, 1.54) is 16.8 Å². The molecule has 0 amide bonds. The van der Waals surface area contributed by atoms with E-state index in [0.29, 0.717) is 6.54 Å². The fourth-order valence-electron chi connectivity index (χ4n) is 1.76. The number of hydrogen-bond acceptors (Lipinski definition) is 3. The molecule has 0 aromatic heterocycles. The molecule has 0 aliphatic rings. The molecule has 0 atom stereocenters. The molecule has 0 aliphatic heterocycles. The highest BCUT2D eigenvalue weighted by Gasteiger charge is 2.06. The molecule has 0 spiro atoms. The lowest BCUT2D eigenvalue weighted by Crippen LogP contribution is -2.24. The summed E-state index contributed by atoms with van der Waals surface area (Å²) >= 11 is 0. The monoisotopic (exact) mass is 222 g/mol. The molecular weight excluding hydrogens is 200 g/mol. The molecule has 0 saturated carbocycles. The predicted octanol–water partition coefficient (Wildman–Crippen LogP) is 1.53. The Hall–Kier alpha value is -1.06. The van der Waals surface area contributed by atoms with Gasteiger partial charge >= 0.3 is 0 Å². The molecule has 0 saturated heterocycles. The molecule has 16 heavy (non-hydrogen) atoms. The van der Waals surface area contributed by atoms with E-state index in [4.69, 9.17) is 5.11 Å². The minimum Gasteiger partial charge on any atom is -0.395 e. The van der Waals surface area contributed by atoms with Crippen molar-refractivity contribution in [1.29, 1.82) is 0 Å². The van der Waals surface area contributed by atoms with Crippen molar-refractivity contribution < 1.29 is 5.11 Å². The van der Waals surface area contributed by atoms with Crippen LogP contribution in [0.25, 0.3) is 0 Å². The van der Waals surface area contributed by atoms with E-state index in [2.05, 4.69) is 42.3 Å². The second-order valence-corrected chi connectivity index (χ2v) is 4.06. The molecule has 0 aliphatic carbocycles. The third-order valence-corrected chi connectivity index (χ3v) is 2.65. The molecule has 90 valence electrons. The Kier molecular flexibility index (Phi) is 5.29. The van der Waals surface area contributed by atoms with Gasteiger partial charge in [-0.15, -0.1) is 0 Å². The van der Waals surface area contributed by atoms with Crippen LogP contribution in [0.1, 0.15) is 18.1 Å². The van der Waals surface area contributed by atoms with E-state index in [1.807, 2.05) is 7.05 Å². The van der Waals surface area contributed by atoms with E-state index in [0.717, 1.165) is 13.1 Å². The Labute approximate surface area is 98.1 Å². The minimum atomic E-state index is 0.186. The first kappa shape index (κ1) is 13.0. The van der Waals surface area contributed by atoms with Gasteiger partial charge in [0.15, 0.2) is 0 Å². The van der Waals surface area contributed by atoms with Gasteiger partial charge in [-0.2, -0.15) is 0 Å². The zero-order valence-electron chi connectivity index (χ0n) is 10.5. The van der Waals surface area contributed by atoms with Gasteiger partial charge in [0.05, 0.1) is 6.61 Å². The Balaban J connectivity index is 2.88. The summed E-state index contributed by atoms with van der Waals surface area (Å²) in [7, 11) is 2.01. The van der Waals surface area contributed by atoms with Crippen LogP contribution in [-0.2, 0) is 6.54 Å². The van der Waals surface area contributed by atoms with Crippen LogP contribution in [0.4, 0.5) is 5.69 Å². The van der Waals surface area contributed by atoms with Crippen molar-refractivity contribution in [2.45, 2.75) is 20.4 Å². The van der Waals surface area contributed by atoms with Crippen molar-refractivity contribution in [1.82, 2.24) is 5.32 Å². The van der Waals surface area contributed by atoms with Crippen LogP contribution >= 0.6 is 0 Å². The van der Waals surface area contributed by atoms with E-state index in [9.17, 15) is 0 Å². The topological polar surface area (TPSA) is 35.5 Å². The van der Waals surface area contributed by atoms with E-state index < -0.39 is 0 Å². The third kappa shape index (κ3) is 3.51. The van der Waals surface area contributed by atoms with E-state index in [1.54, 1.807) is 0 Å². The van der Waals surface area contributed by atoms with Gasteiger partial charge in [0.25, 0.3) is 0 Å². The van der Waals surface area contributed by atoms with Gasteiger partial charge in [-0.05, 0) is 25.1 Å². The zero-order valence-corrected chi connectivity index (χ0v) is 10.5. The second kappa shape index (κ2) is 6.51. The molecule has 3 heteroatoms. The first-order valence-corrected chi connectivity index (χ1v) is 5.81. The summed E-state index contributed by atoms with van der Waals surface area (Å²) < 4.78 is 0. The number of benzene rings is 1. The Morgan fingerprint density at radius 1 is 1.38 bits per heavy atom. The third-order valence-electron chi connectivity index (χ3n) is 2.65. The smallest absolute Gasteiger partial charge is 0.0606 e. The Morgan fingerprint density at radius 2 is 2.12 bits per heavy atom. The van der Waals surface area contributed by atoms with Crippen LogP contribution < -0.4 is 10.2 Å². The van der Waals surface area contributed by atoms with Gasteiger partial charge in [0.1, 0.15) is 0 Å². The maximum atomic E-state index is 8.96.